The summed E-state index contributed by atoms with van der Waals surface area (Å²) >= 11 is 1.36. The van der Waals surface area contributed by atoms with E-state index in [9.17, 15) is 14.4 Å². The lowest BCUT2D eigenvalue weighted by atomic mass is 10.1. The van der Waals surface area contributed by atoms with Crippen LogP contribution in [0.5, 0.6) is 5.75 Å². The van der Waals surface area contributed by atoms with Crippen LogP contribution in [0.4, 0.5) is 0 Å². The number of ketones is 1. The molecular formula is C23H20N2O4S. The molecule has 4 rings (SSSR count). The van der Waals surface area contributed by atoms with Crippen molar-refractivity contribution in [3.05, 3.63) is 91.4 Å². The van der Waals surface area contributed by atoms with E-state index in [-0.39, 0.29) is 12.3 Å². The minimum absolute atomic E-state index is 0.150. The highest BCUT2D eigenvalue weighted by atomic mass is 32.1. The zero-order chi connectivity index (χ0) is 21.4. The van der Waals surface area contributed by atoms with Crippen LogP contribution in [0, 0.1) is 13.8 Å². The molecule has 0 spiro atoms. The smallest absolute Gasteiger partial charge is 0.337 e. The van der Waals surface area contributed by atoms with Gasteiger partial charge in [-0.1, -0.05) is 36.4 Å². The largest absolute Gasteiger partial charge is 0.497 e. The molecule has 0 radical (unpaired) electrons. The minimum Gasteiger partial charge on any atom is -0.497 e. The van der Waals surface area contributed by atoms with Crippen molar-refractivity contribution in [2.75, 3.05) is 7.11 Å². The predicted molar refractivity (Wildman–Crippen MR) is 118 cm³/mol. The van der Waals surface area contributed by atoms with Gasteiger partial charge in [0.1, 0.15) is 10.6 Å². The molecule has 7 heteroatoms. The Morgan fingerprint density at radius 3 is 2.47 bits per heavy atom. The normalized spacial score (nSPS) is 11.0. The third-order valence-electron chi connectivity index (χ3n) is 5.16. The Balaban J connectivity index is 2.00. The number of hydrogen-bond acceptors (Lipinski definition) is 5. The summed E-state index contributed by atoms with van der Waals surface area (Å²) in [6.45, 7) is 3.62. The standard InChI is InChI=1S/C23H20N2O4S/c1-14-15(2)30-22-20(14)21(27)25(17-10-7-11-18(12-17)29-3)23(28)24(22)13-19(26)16-8-5-4-6-9-16/h4-12H,13H2,1-3H3. The average molecular weight is 420 g/mol. The molecule has 0 aliphatic carbocycles. The number of hydrogen-bond donors (Lipinski definition) is 0. The summed E-state index contributed by atoms with van der Waals surface area (Å²) in [6.07, 6.45) is 0. The van der Waals surface area contributed by atoms with Gasteiger partial charge < -0.3 is 4.74 Å². The molecule has 0 fully saturated rings. The summed E-state index contributed by atoms with van der Waals surface area (Å²) in [6, 6.07) is 15.6. The number of thiophene rings is 1. The summed E-state index contributed by atoms with van der Waals surface area (Å²) in [5.41, 5.74) is 0.787. The van der Waals surface area contributed by atoms with Crippen molar-refractivity contribution in [3.63, 3.8) is 0 Å². The van der Waals surface area contributed by atoms with Crippen LogP contribution in [0.25, 0.3) is 15.9 Å². The van der Waals surface area contributed by atoms with Gasteiger partial charge in [0, 0.05) is 16.5 Å². The fraction of sp³-hybridized carbons (Fsp3) is 0.174. The zero-order valence-electron chi connectivity index (χ0n) is 16.8. The second kappa shape index (κ2) is 7.76. The van der Waals surface area contributed by atoms with Crippen LogP contribution in [0.2, 0.25) is 0 Å². The highest BCUT2D eigenvalue weighted by Gasteiger charge is 2.21. The first-order valence-corrected chi connectivity index (χ1v) is 10.2. The molecule has 30 heavy (non-hydrogen) atoms. The summed E-state index contributed by atoms with van der Waals surface area (Å²) in [5.74, 6) is 0.336. The number of rotatable bonds is 5. The number of nitrogens with zero attached hydrogens (tertiary/aromatic N) is 2. The van der Waals surface area contributed by atoms with Gasteiger partial charge in [-0.2, -0.15) is 0 Å². The van der Waals surface area contributed by atoms with Crippen molar-refractivity contribution in [2.45, 2.75) is 20.4 Å². The molecule has 4 aromatic rings. The van der Waals surface area contributed by atoms with Crippen molar-refractivity contribution in [1.82, 2.24) is 9.13 Å². The van der Waals surface area contributed by atoms with E-state index in [1.807, 2.05) is 19.9 Å². The van der Waals surface area contributed by atoms with Crippen LogP contribution in [0.15, 0.2) is 64.2 Å². The third kappa shape index (κ3) is 3.27. The maximum absolute atomic E-state index is 13.4. The van der Waals surface area contributed by atoms with Crippen LogP contribution >= 0.6 is 11.3 Å². The van der Waals surface area contributed by atoms with Gasteiger partial charge in [0.2, 0.25) is 0 Å². The lowest BCUT2D eigenvalue weighted by Gasteiger charge is -2.13. The maximum Gasteiger partial charge on any atom is 0.337 e. The van der Waals surface area contributed by atoms with Crippen LogP contribution in [0.1, 0.15) is 20.8 Å². The first-order chi connectivity index (χ1) is 14.4. The van der Waals surface area contributed by atoms with Crippen molar-refractivity contribution < 1.29 is 9.53 Å². The molecule has 2 aromatic heterocycles. The molecule has 0 amide bonds. The number of fused-ring (bicyclic) bond motifs is 1. The van der Waals surface area contributed by atoms with Gasteiger partial charge in [0.15, 0.2) is 5.78 Å². The highest BCUT2D eigenvalue weighted by molar-refractivity contribution is 7.18. The molecule has 0 atom stereocenters. The topological polar surface area (TPSA) is 70.3 Å². The Kier molecular flexibility index (Phi) is 5.13. The molecule has 0 bridgehead atoms. The number of methoxy groups -OCH3 is 1. The Morgan fingerprint density at radius 2 is 1.77 bits per heavy atom. The molecule has 0 saturated carbocycles. The number of ether oxygens (including phenoxy) is 1. The Morgan fingerprint density at radius 1 is 1.03 bits per heavy atom. The fourth-order valence-electron chi connectivity index (χ4n) is 3.43. The number of aromatic nitrogens is 2. The van der Waals surface area contributed by atoms with E-state index in [2.05, 4.69) is 0 Å². The van der Waals surface area contributed by atoms with E-state index in [1.54, 1.807) is 48.5 Å². The molecule has 2 aromatic carbocycles. The van der Waals surface area contributed by atoms with Crippen LogP contribution < -0.4 is 16.0 Å². The fourth-order valence-corrected chi connectivity index (χ4v) is 4.57. The number of carbonyl (C=O) groups excluding carboxylic acids is 1. The molecular weight excluding hydrogens is 400 g/mol. The molecule has 0 N–H and O–H groups in total. The third-order valence-corrected chi connectivity index (χ3v) is 6.39. The lowest BCUT2D eigenvalue weighted by molar-refractivity contribution is 0.0971. The van der Waals surface area contributed by atoms with Crippen LogP contribution in [0.3, 0.4) is 0 Å². The van der Waals surface area contributed by atoms with E-state index in [1.165, 1.54) is 23.0 Å². The number of aryl methyl sites for hydroxylation is 2. The van der Waals surface area contributed by atoms with E-state index in [4.69, 9.17) is 4.74 Å². The average Bonchev–Trinajstić information content (AvgIpc) is 3.06. The van der Waals surface area contributed by atoms with Crippen molar-refractivity contribution in [2.24, 2.45) is 0 Å². The minimum atomic E-state index is -0.550. The number of benzene rings is 2. The highest BCUT2D eigenvalue weighted by Crippen LogP contribution is 2.27. The predicted octanol–water partition coefficient (Wildman–Crippen LogP) is 3.72. The summed E-state index contributed by atoms with van der Waals surface area (Å²) < 4.78 is 7.76. The van der Waals surface area contributed by atoms with E-state index in [0.717, 1.165) is 15.0 Å². The molecule has 0 saturated heterocycles. The van der Waals surface area contributed by atoms with E-state index >= 15 is 0 Å². The zero-order valence-corrected chi connectivity index (χ0v) is 17.7. The summed E-state index contributed by atoms with van der Waals surface area (Å²) in [5, 5.41) is 0.459. The molecule has 6 nitrogen and oxygen atoms in total. The van der Waals surface area contributed by atoms with E-state index < -0.39 is 11.2 Å². The van der Waals surface area contributed by atoms with Gasteiger partial charge >= 0.3 is 5.69 Å². The first kappa shape index (κ1) is 19.8. The maximum atomic E-state index is 13.4. The first-order valence-electron chi connectivity index (χ1n) is 9.40. The quantitative estimate of drug-likeness (QED) is 0.462. The molecule has 152 valence electrons. The van der Waals surface area contributed by atoms with Gasteiger partial charge in [-0.05, 0) is 31.5 Å². The summed E-state index contributed by atoms with van der Waals surface area (Å²) in [4.78, 5) is 41.1. The molecule has 0 aliphatic heterocycles. The SMILES string of the molecule is COc1cccc(-n2c(=O)c3c(C)c(C)sc3n(CC(=O)c3ccccc3)c2=O)c1. The second-order valence-corrected chi connectivity index (χ2v) is 8.17. The van der Waals surface area contributed by atoms with Gasteiger partial charge in [-0.25, -0.2) is 9.36 Å². The van der Waals surface area contributed by atoms with E-state index in [0.29, 0.717) is 27.2 Å². The van der Waals surface area contributed by atoms with Crippen molar-refractivity contribution in [3.8, 4) is 11.4 Å². The Labute approximate surface area is 176 Å². The monoisotopic (exact) mass is 420 g/mol. The van der Waals surface area contributed by atoms with Crippen molar-refractivity contribution >= 4 is 27.3 Å². The van der Waals surface area contributed by atoms with Gasteiger partial charge in [-0.15, -0.1) is 11.3 Å². The number of Topliss-reactive ketones (excluding diaryl/α,β-unsaturated/α-hetero) is 1. The molecule has 2 heterocycles. The molecule has 0 aliphatic rings. The van der Waals surface area contributed by atoms with Crippen molar-refractivity contribution in [1.29, 1.82) is 0 Å². The second-order valence-electron chi connectivity index (χ2n) is 6.96. The molecule has 0 unspecified atom stereocenters. The van der Waals surface area contributed by atoms with Gasteiger partial charge in [-0.3, -0.25) is 14.2 Å². The lowest BCUT2D eigenvalue weighted by Crippen LogP contribution is -2.39. The number of carbonyl (C=O) groups is 1. The van der Waals surface area contributed by atoms with Crippen LogP contribution in [-0.2, 0) is 6.54 Å². The Bertz CT molecular complexity index is 1380. The van der Waals surface area contributed by atoms with Gasteiger partial charge in [0.05, 0.1) is 24.7 Å². The van der Waals surface area contributed by atoms with Gasteiger partial charge in [0.25, 0.3) is 5.56 Å². The Hall–Kier alpha value is -3.45. The summed E-state index contributed by atoms with van der Waals surface area (Å²) in [7, 11) is 1.52. The van der Waals surface area contributed by atoms with Crippen LogP contribution in [-0.4, -0.2) is 22.0 Å².